The van der Waals surface area contributed by atoms with Crippen molar-refractivity contribution in [1.29, 1.82) is 0 Å². The van der Waals surface area contributed by atoms with E-state index in [4.69, 9.17) is 5.73 Å². The maximum atomic E-state index is 13.1. The first-order valence-electron chi connectivity index (χ1n) is 9.65. The minimum absolute atomic E-state index is 0.125. The minimum Gasteiger partial charge on any atom is -0.355 e. The van der Waals surface area contributed by atoms with Crippen molar-refractivity contribution in [3.05, 3.63) is 34.8 Å². The summed E-state index contributed by atoms with van der Waals surface area (Å²) in [5.74, 6) is 0.984. The van der Waals surface area contributed by atoms with Crippen LogP contribution in [0.2, 0.25) is 0 Å². The van der Waals surface area contributed by atoms with Crippen LogP contribution in [0.4, 0.5) is 5.82 Å². The Kier molecular flexibility index (Phi) is 4.59. The number of imidazole rings is 1. The van der Waals surface area contributed by atoms with Gasteiger partial charge in [0.05, 0.1) is 18.6 Å². The minimum atomic E-state index is -0.125. The molecule has 0 spiro atoms. The highest BCUT2D eigenvalue weighted by atomic mass is 16.2. The smallest absolute Gasteiger partial charge is 0.292 e. The molecular formula is C19H27N7O. The third kappa shape index (κ3) is 3.18. The van der Waals surface area contributed by atoms with Crippen LogP contribution in [0, 0.1) is 13.8 Å². The zero-order valence-corrected chi connectivity index (χ0v) is 16.3. The van der Waals surface area contributed by atoms with E-state index in [2.05, 4.69) is 31.3 Å². The van der Waals surface area contributed by atoms with Gasteiger partial charge in [-0.15, -0.1) is 0 Å². The summed E-state index contributed by atoms with van der Waals surface area (Å²) in [6.07, 6.45) is 3.62. The van der Waals surface area contributed by atoms with Crippen LogP contribution in [-0.2, 0) is 19.5 Å². The second-order valence-corrected chi connectivity index (χ2v) is 7.48. The molecule has 0 aromatic carbocycles. The Morgan fingerprint density at radius 1 is 1.30 bits per heavy atom. The molecule has 2 aromatic rings. The lowest BCUT2D eigenvalue weighted by Crippen LogP contribution is -2.38. The average Bonchev–Trinajstić information content (AvgIpc) is 3.28. The number of aryl methyl sites for hydroxylation is 2. The molecule has 2 N–H and O–H groups in total. The number of carbonyl (C=O) groups is 1. The fourth-order valence-corrected chi connectivity index (χ4v) is 3.95. The first-order valence-corrected chi connectivity index (χ1v) is 9.65. The molecule has 0 saturated carbocycles. The molecule has 2 aliphatic heterocycles. The first-order chi connectivity index (χ1) is 13.0. The van der Waals surface area contributed by atoms with Crippen LogP contribution in [0.3, 0.4) is 0 Å². The van der Waals surface area contributed by atoms with Crippen molar-refractivity contribution in [3.63, 3.8) is 0 Å². The summed E-state index contributed by atoms with van der Waals surface area (Å²) < 4.78 is 2.15. The Morgan fingerprint density at radius 2 is 2.11 bits per heavy atom. The van der Waals surface area contributed by atoms with Crippen molar-refractivity contribution in [2.75, 3.05) is 24.5 Å². The molecule has 8 heteroatoms. The van der Waals surface area contributed by atoms with E-state index in [-0.39, 0.29) is 17.8 Å². The van der Waals surface area contributed by atoms with Gasteiger partial charge in [-0.05, 0) is 27.2 Å². The number of carbonyl (C=O) groups excluding carboxylic acids is 1. The van der Waals surface area contributed by atoms with Gasteiger partial charge in [-0.2, -0.15) is 0 Å². The van der Waals surface area contributed by atoms with Crippen LogP contribution in [0.25, 0.3) is 0 Å². The van der Waals surface area contributed by atoms with E-state index in [0.29, 0.717) is 13.1 Å². The fourth-order valence-electron chi connectivity index (χ4n) is 3.95. The van der Waals surface area contributed by atoms with Gasteiger partial charge in [-0.1, -0.05) is 0 Å². The highest BCUT2D eigenvalue weighted by Crippen LogP contribution is 2.25. The molecule has 4 heterocycles. The number of fused-ring (bicyclic) bond motifs is 1. The summed E-state index contributed by atoms with van der Waals surface area (Å²) in [7, 11) is 0. The molecular weight excluding hydrogens is 342 g/mol. The largest absolute Gasteiger partial charge is 0.355 e. The summed E-state index contributed by atoms with van der Waals surface area (Å²) in [5.41, 5.74) is 10.1. The van der Waals surface area contributed by atoms with Gasteiger partial charge in [0, 0.05) is 55.6 Å². The lowest BCUT2D eigenvalue weighted by atomic mass is 10.1. The molecule has 0 aliphatic carbocycles. The number of aromatic nitrogens is 4. The van der Waals surface area contributed by atoms with Crippen LogP contribution < -0.4 is 10.6 Å². The topological polar surface area (TPSA) is 93.2 Å². The number of amides is 1. The van der Waals surface area contributed by atoms with Crippen molar-refractivity contribution in [3.8, 4) is 0 Å². The Labute approximate surface area is 159 Å². The molecule has 144 valence electrons. The quantitative estimate of drug-likeness (QED) is 0.869. The van der Waals surface area contributed by atoms with Gasteiger partial charge in [0.2, 0.25) is 5.82 Å². The standard InChI is InChI=1S/C19H27N7O/c1-4-24-11-21-15-10-26(8-6-16(15)24)19(27)17-22-13(3)12(2)18(23-17)25-7-5-14(20)9-25/h11,14H,4-10,20H2,1-3H3/t14-/m1/s1. The first kappa shape index (κ1) is 17.9. The van der Waals surface area contributed by atoms with Gasteiger partial charge in [-0.3, -0.25) is 4.79 Å². The monoisotopic (exact) mass is 369 g/mol. The lowest BCUT2D eigenvalue weighted by Gasteiger charge is -2.27. The van der Waals surface area contributed by atoms with Crippen molar-refractivity contribution in [2.45, 2.75) is 52.7 Å². The average molecular weight is 369 g/mol. The lowest BCUT2D eigenvalue weighted by molar-refractivity contribution is 0.0718. The number of anilines is 1. The molecule has 0 bridgehead atoms. The maximum absolute atomic E-state index is 13.1. The van der Waals surface area contributed by atoms with E-state index in [9.17, 15) is 4.79 Å². The molecule has 27 heavy (non-hydrogen) atoms. The Bertz CT molecular complexity index is 875. The van der Waals surface area contributed by atoms with Crippen molar-refractivity contribution < 1.29 is 4.79 Å². The highest BCUT2D eigenvalue weighted by Gasteiger charge is 2.29. The Hall–Kier alpha value is -2.48. The zero-order valence-electron chi connectivity index (χ0n) is 16.3. The molecule has 8 nitrogen and oxygen atoms in total. The SMILES string of the molecule is CCn1cnc2c1CCN(C(=O)c1nc(C)c(C)c(N3CC[C@@H](N)C3)n1)C2. The van der Waals surface area contributed by atoms with Crippen molar-refractivity contribution in [1.82, 2.24) is 24.4 Å². The highest BCUT2D eigenvalue weighted by molar-refractivity contribution is 5.91. The number of nitrogens with two attached hydrogens (primary N) is 1. The van der Waals surface area contributed by atoms with Crippen molar-refractivity contribution >= 4 is 11.7 Å². The van der Waals surface area contributed by atoms with Gasteiger partial charge in [0.25, 0.3) is 5.91 Å². The number of nitrogens with zero attached hydrogens (tertiary/aromatic N) is 6. The van der Waals surface area contributed by atoms with Crippen LogP contribution >= 0.6 is 0 Å². The second-order valence-electron chi connectivity index (χ2n) is 7.48. The van der Waals surface area contributed by atoms with E-state index < -0.39 is 0 Å². The number of hydrogen-bond acceptors (Lipinski definition) is 6. The van der Waals surface area contributed by atoms with Gasteiger partial charge in [-0.25, -0.2) is 15.0 Å². The summed E-state index contributed by atoms with van der Waals surface area (Å²) in [4.78, 5) is 30.7. The predicted molar refractivity (Wildman–Crippen MR) is 103 cm³/mol. The van der Waals surface area contributed by atoms with Gasteiger partial charge in [0.15, 0.2) is 0 Å². The molecule has 2 aliphatic rings. The second kappa shape index (κ2) is 6.92. The fraction of sp³-hybridized carbons (Fsp3) is 0.579. The van der Waals surface area contributed by atoms with E-state index in [1.54, 1.807) is 4.90 Å². The molecule has 0 unspecified atom stereocenters. The van der Waals surface area contributed by atoms with E-state index >= 15 is 0 Å². The van der Waals surface area contributed by atoms with Gasteiger partial charge < -0.3 is 20.1 Å². The molecule has 1 amide bonds. The normalized spacial score (nSPS) is 19.5. The molecule has 1 fully saturated rings. The zero-order chi connectivity index (χ0) is 19.1. The van der Waals surface area contributed by atoms with Crippen LogP contribution in [0.15, 0.2) is 6.33 Å². The number of hydrogen-bond donors (Lipinski definition) is 1. The molecule has 0 radical (unpaired) electrons. The third-order valence-corrected chi connectivity index (χ3v) is 5.70. The van der Waals surface area contributed by atoms with E-state index in [1.807, 2.05) is 20.2 Å². The Morgan fingerprint density at radius 3 is 2.81 bits per heavy atom. The van der Waals surface area contributed by atoms with E-state index in [1.165, 1.54) is 5.69 Å². The summed E-state index contributed by atoms with van der Waals surface area (Å²) >= 11 is 0. The predicted octanol–water partition coefficient (Wildman–Crippen LogP) is 1.05. The van der Waals surface area contributed by atoms with Gasteiger partial charge in [0.1, 0.15) is 5.82 Å². The molecule has 1 saturated heterocycles. The van der Waals surface area contributed by atoms with Crippen LogP contribution in [0.1, 0.15) is 46.6 Å². The molecule has 1 atom stereocenters. The van der Waals surface area contributed by atoms with Gasteiger partial charge >= 0.3 is 0 Å². The van der Waals surface area contributed by atoms with Crippen LogP contribution in [0.5, 0.6) is 0 Å². The summed E-state index contributed by atoms with van der Waals surface area (Å²) in [6, 6.07) is 0.160. The third-order valence-electron chi connectivity index (χ3n) is 5.70. The number of rotatable bonds is 3. The molecule has 4 rings (SSSR count). The maximum Gasteiger partial charge on any atom is 0.292 e. The van der Waals surface area contributed by atoms with Crippen molar-refractivity contribution in [2.24, 2.45) is 5.73 Å². The van der Waals surface area contributed by atoms with E-state index in [0.717, 1.165) is 55.2 Å². The van der Waals surface area contributed by atoms with Crippen LogP contribution in [-0.4, -0.2) is 56.0 Å². The summed E-state index contributed by atoms with van der Waals surface area (Å²) in [6.45, 7) is 9.77. The molecule has 2 aromatic heterocycles. The summed E-state index contributed by atoms with van der Waals surface area (Å²) in [5, 5.41) is 0. The Balaban J connectivity index is 1.60.